The number of nitro groups is 1. The number of ether oxygens (including phenoxy) is 1. The average Bonchev–Trinajstić information content (AvgIpc) is 2.59. The van der Waals surface area contributed by atoms with Gasteiger partial charge in [0.2, 0.25) is 10.0 Å². The monoisotopic (exact) mass is 364 g/mol. The number of rotatable bonds is 8. The molecule has 8 heteroatoms. The summed E-state index contributed by atoms with van der Waals surface area (Å²) in [5.41, 5.74) is 1.02. The maximum atomic E-state index is 13.0. The minimum atomic E-state index is -3.90. The van der Waals surface area contributed by atoms with Crippen molar-refractivity contribution in [1.82, 2.24) is 4.31 Å². The van der Waals surface area contributed by atoms with E-state index in [4.69, 9.17) is 4.74 Å². The van der Waals surface area contributed by atoms with Crippen molar-refractivity contribution >= 4 is 15.7 Å². The molecule has 0 unspecified atom stereocenters. The van der Waals surface area contributed by atoms with E-state index >= 15 is 0 Å². The third kappa shape index (κ3) is 4.62. The molecule has 134 valence electrons. The zero-order valence-corrected chi connectivity index (χ0v) is 14.9. The topological polar surface area (TPSA) is 89.8 Å². The number of hydrogen-bond acceptors (Lipinski definition) is 5. The second-order valence-corrected chi connectivity index (χ2v) is 7.46. The van der Waals surface area contributed by atoms with E-state index in [1.54, 1.807) is 6.92 Å². The molecule has 0 aliphatic rings. The first-order valence-electron chi connectivity index (χ1n) is 7.64. The highest BCUT2D eigenvalue weighted by atomic mass is 32.2. The van der Waals surface area contributed by atoms with Crippen molar-refractivity contribution in [3.8, 4) is 0 Å². The Labute approximate surface area is 147 Å². The van der Waals surface area contributed by atoms with Crippen LogP contribution in [0, 0.1) is 17.0 Å². The molecule has 2 aromatic rings. The van der Waals surface area contributed by atoms with Crippen LogP contribution in [0.2, 0.25) is 0 Å². The van der Waals surface area contributed by atoms with Gasteiger partial charge in [-0.3, -0.25) is 10.1 Å². The highest BCUT2D eigenvalue weighted by molar-refractivity contribution is 7.89. The first-order chi connectivity index (χ1) is 11.9. The molecule has 0 aromatic heterocycles. The van der Waals surface area contributed by atoms with Crippen LogP contribution in [0.1, 0.15) is 11.1 Å². The van der Waals surface area contributed by atoms with E-state index in [0.29, 0.717) is 5.56 Å². The summed E-state index contributed by atoms with van der Waals surface area (Å²) in [5.74, 6) is 0. The molecule has 0 radical (unpaired) electrons. The van der Waals surface area contributed by atoms with Crippen LogP contribution in [-0.2, 0) is 21.3 Å². The third-order valence-electron chi connectivity index (χ3n) is 3.76. The molecule has 0 aliphatic heterocycles. The van der Waals surface area contributed by atoms with E-state index in [0.717, 1.165) is 11.6 Å². The number of nitrogens with zero attached hydrogens (tertiary/aromatic N) is 2. The summed E-state index contributed by atoms with van der Waals surface area (Å²) in [6.45, 7) is 2.10. The number of methoxy groups -OCH3 is 1. The highest BCUT2D eigenvalue weighted by Crippen LogP contribution is 2.25. The molecular weight excluding hydrogens is 344 g/mol. The molecule has 0 saturated carbocycles. The molecule has 0 amide bonds. The molecule has 0 atom stereocenters. The number of sulfonamides is 1. The SMILES string of the molecule is COCCN(Cc1ccccc1)S(=O)(=O)c1ccc(C)c([N+](=O)[O-])c1. The number of nitro benzene ring substituents is 1. The lowest BCUT2D eigenvalue weighted by Crippen LogP contribution is -2.33. The van der Waals surface area contributed by atoms with Crippen LogP contribution in [0.5, 0.6) is 0 Å². The van der Waals surface area contributed by atoms with Gasteiger partial charge in [0.15, 0.2) is 0 Å². The minimum absolute atomic E-state index is 0.100. The van der Waals surface area contributed by atoms with Crippen molar-refractivity contribution in [2.75, 3.05) is 20.3 Å². The van der Waals surface area contributed by atoms with Crippen LogP contribution in [0.15, 0.2) is 53.4 Å². The zero-order valence-electron chi connectivity index (χ0n) is 14.1. The second kappa shape index (κ2) is 8.19. The molecule has 0 spiro atoms. The summed E-state index contributed by atoms with van der Waals surface area (Å²) < 4.78 is 32.2. The first-order valence-corrected chi connectivity index (χ1v) is 9.08. The van der Waals surface area contributed by atoms with E-state index < -0.39 is 14.9 Å². The van der Waals surface area contributed by atoms with Crippen molar-refractivity contribution in [3.63, 3.8) is 0 Å². The Kier molecular flexibility index (Phi) is 6.24. The van der Waals surface area contributed by atoms with Crippen LogP contribution < -0.4 is 0 Å². The fourth-order valence-corrected chi connectivity index (χ4v) is 3.79. The smallest absolute Gasteiger partial charge is 0.273 e. The molecule has 7 nitrogen and oxygen atoms in total. The highest BCUT2D eigenvalue weighted by Gasteiger charge is 2.27. The molecule has 0 bridgehead atoms. The van der Waals surface area contributed by atoms with Gasteiger partial charge in [0.25, 0.3) is 5.69 Å². The third-order valence-corrected chi connectivity index (χ3v) is 5.60. The average molecular weight is 364 g/mol. The Morgan fingerprint density at radius 1 is 1.16 bits per heavy atom. The Hall–Kier alpha value is -2.29. The quantitative estimate of drug-likeness (QED) is 0.531. The van der Waals surface area contributed by atoms with Gasteiger partial charge in [-0.15, -0.1) is 0 Å². The van der Waals surface area contributed by atoms with Gasteiger partial charge in [-0.05, 0) is 18.6 Å². The van der Waals surface area contributed by atoms with E-state index in [9.17, 15) is 18.5 Å². The van der Waals surface area contributed by atoms with E-state index in [1.165, 1.54) is 23.5 Å². The van der Waals surface area contributed by atoms with Crippen LogP contribution in [0.3, 0.4) is 0 Å². The fourth-order valence-electron chi connectivity index (χ4n) is 2.36. The molecule has 2 aromatic carbocycles. The maximum Gasteiger partial charge on any atom is 0.273 e. The van der Waals surface area contributed by atoms with Crippen molar-refractivity contribution in [3.05, 3.63) is 69.8 Å². The van der Waals surface area contributed by atoms with Gasteiger partial charge in [0, 0.05) is 31.8 Å². The van der Waals surface area contributed by atoms with Crippen LogP contribution in [-0.4, -0.2) is 37.9 Å². The van der Waals surface area contributed by atoms with Crippen LogP contribution in [0.4, 0.5) is 5.69 Å². The Morgan fingerprint density at radius 3 is 2.44 bits per heavy atom. The van der Waals surface area contributed by atoms with E-state index in [-0.39, 0.29) is 30.3 Å². The van der Waals surface area contributed by atoms with Gasteiger partial charge in [-0.25, -0.2) is 8.42 Å². The largest absolute Gasteiger partial charge is 0.383 e. The van der Waals surface area contributed by atoms with Gasteiger partial charge >= 0.3 is 0 Å². The van der Waals surface area contributed by atoms with E-state index in [2.05, 4.69) is 0 Å². The normalized spacial score (nSPS) is 11.6. The van der Waals surface area contributed by atoms with Crippen molar-refractivity contribution in [1.29, 1.82) is 0 Å². The molecule has 0 heterocycles. The molecule has 25 heavy (non-hydrogen) atoms. The predicted molar refractivity (Wildman–Crippen MR) is 93.7 cm³/mol. The lowest BCUT2D eigenvalue weighted by molar-refractivity contribution is -0.385. The summed E-state index contributed by atoms with van der Waals surface area (Å²) in [5, 5.41) is 11.1. The standard InChI is InChI=1S/C17H20N2O5S/c1-14-8-9-16(12-17(14)19(20)21)25(22,23)18(10-11-24-2)13-15-6-4-3-5-7-15/h3-9,12H,10-11,13H2,1-2H3. The lowest BCUT2D eigenvalue weighted by atomic mass is 10.2. The van der Waals surface area contributed by atoms with Gasteiger partial charge in [-0.1, -0.05) is 36.4 Å². The Morgan fingerprint density at radius 2 is 1.84 bits per heavy atom. The van der Waals surface area contributed by atoms with Gasteiger partial charge in [0.1, 0.15) is 0 Å². The minimum Gasteiger partial charge on any atom is -0.383 e. The lowest BCUT2D eigenvalue weighted by Gasteiger charge is -2.22. The Bertz CT molecular complexity index is 837. The van der Waals surface area contributed by atoms with Gasteiger partial charge in [0.05, 0.1) is 16.4 Å². The summed E-state index contributed by atoms with van der Waals surface area (Å²) in [6, 6.07) is 13.1. The van der Waals surface area contributed by atoms with Gasteiger partial charge < -0.3 is 4.74 Å². The number of aryl methyl sites for hydroxylation is 1. The number of hydrogen-bond donors (Lipinski definition) is 0. The van der Waals surface area contributed by atoms with Crippen molar-refractivity contribution in [2.45, 2.75) is 18.4 Å². The number of benzene rings is 2. The van der Waals surface area contributed by atoms with Gasteiger partial charge in [-0.2, -0.15) is 4.31 Å². The summed E-state index contributed by atoms with van der Waals surface area (Å²) in [7, 11) is -2.41. The molecule has 0 aliphatic carbocycles. The molecular formula is C17H20N2O5S. The predicted octanol–water partition coefficient (Wildman–Crippen LogP) is 2.74. The maximum absolute atomic E-state index is 13.0. The summed E-state index contributed by atoms with van der Waals surface area (Å²) >= 11 is 0. The first kappa shape index (κ1) is 19.0. The summed E-state index contributed by atoms with van der Waals surface area (Å²) in [4.78, 5) is 10.4. The molecule has 0 N–H and O–H groups in total. The molecule has 0 fully saturated rings. The Balaban J connectivity index is 2.40. The molecule has 2 rings (SSSR count). The van der Waals surface area contributed by atoms with Crippen molar-refractivity contribution in [2.24, 2.45) is 0 Å². The fraction of sp³-hybridized carbons (Fsp3) is 0.294. The van der Waals surface area contributed by atoms with Crippen LogP contribution >= 0.6 is 0 Å². The van der Waals surface area contributed by atoms with Crippen LogP contribution in [0.25, 0.3) is 0 Å². The second-order valence-electron chi connectivity index (χ2n) is 5.52. The molecule has 0 saturated heterocycles. The van der Waals surface area contributed by atoms with E-state index in [1.807, 2.05) is 30.3 Å². The van der Waals surface area contributed by atoms with Crippen molar-refractivity contribution < 1.29 is 18.1 Å². The summed E-state index contributed by atoms with van der Waals surface area (Å²) in [6.07, 6.45) is 0. The zero-order chi connectivity index (χ0) is 18.4.